The van der Waals surface area contributed by atoms with Gasteiger partial charge in [-0.15, -0.1) is 0 Å². The summed E-state index contributed by atoms with van der Waals surface area (Å²) in [6, 6.07) is 6.96. The van der Waals surface area contributed by atoms with Crippen LogP contribution in [0, 0.1) is 35.5 Å². The topological polar surface area (TPSA) is 37.4 Å². The quantitative estimate of drug-likeness (QED) is 0.591. The molecule has 1 aromatic rings. The molecule has 0 aromatic heterocycles. The molecular weight excluding hydrogens is 286 g/mol. The van der Waals surface area contributed by atoms with Gasteiger partial charge in [-0.05, 0) is 54.4 Å². The predicted octanol–water partition coefficient (Wildman–Crippen LogP) is 2.90. The lowest BCUT2D eigenvalue weighted by Crippen LogP contribution is -2.40. The number of rotatable bonds is 1. The second-order valence-corrected chi connectivity index (χ2v) is 7.08. The van der Waals surface area contributed by atoms with E-state index in [-0.39, 0.29) is 35.5 Å². The number of nitrogens with zero attached hydrogens (tertiary/aromatic N) is 1. The van der Waals surface area contributed by atoms with Gasteiger partial charge in [-0.1, -0.05) is 23.8 Å². The highest BCUT2D eigenvalue weighted by molar-refractivity contribution is 6.30. The maximum atomic E-state index is 12.8. The third kappa shape index (κ3) is 1.40. The first-order valence-electron chi connectivity index (χ1n) is 7.48. The molecule has 3 nitrogen and oxygen atoms in total. The third-order valence-electron chi connectivity index (χ3n) is 5.75. The number of hydrogen-bond acceptors (Lipinski definition) is 2. The molecule has 4 heteroatoms. The van der Waals surface area contributed by atoms with Gasteiger partial charge in [0.25, 0.3) is 0 Å². The van der Waals surface area contributed by atoms with Gasteiger partial charge in [0.1, 0.15) is 0 Å². The molecule has 1 aliphatic heterocycles. The van der Waals surface area contributed by atoms with Crippen LogP contribution in [0.15, 0.2) is 36.4 Å². The number of carbonyl (C=O) groups is 2. The second-order valence-electron chi connectivity index (χ2n) is 6.64. The highest BCUT2D eigenvalue weighted by Crippen LogP contribution is 2.65. The molecule has 21 heavy (non-hydrogen) atoms. The summed E-state index contributed by atoms with van der Waals surface area (Å²) in [5, 5.41) is 0.609. The first kappa shape index (κ1) is 12.0. The lowest BCUT2D eigenvalue weighted by atomic mass is 9.63. The minimum absolute atomic E-state index is 0.0166. The monoisotopic (exact) mass is 299 g/mol. The number of amides is 2. The van der Waals surface area contributed by atoms with Crippen molar-refractivity contribution < 1.29 is 9.59 Å². The standard InChI is InChI=1S/C17H14ClNO2/c18-8-1-3-9(4-2-8)19-16(20)14-10-5-6-11(13-7-12(10)13)15(14)17(19)21/h1-6,10-15H,7H2/t10-,11-,12-,13+,14+,15-/m1/s1. The lowest BCUT2D eigenvalue weighted by Gasteiger charge is -2.37. The van der Waals surface area contributed by atoms with E-state index < -0.39 is 0 Å². The molecule has 2 saturated carbocycles. The van der Waals surface area contributed by atoms with E-state index in [1.165, 1.54) is 11.3 Å². The Morgan fingerprint density at radius 3 is 1.95 bits per heavy atom. The van der Waals surface area contributed by atoms with Gasteiger partial charge in [0.2, 0.25) is 11.8 Å². The predicted molar refractivity (Wildman–Crippen MR) is 78.6 cm³/mol. The maximum Gasteiger partial charge on any atom is 0.238 e. The first-order chi connectivity index (χ1) is 10.2. The van der Waals surface area contributed by atoms with Crippen molar-refractivity contribution in [2.45, 2.75) is 6.42 Å². The molecule has 106 valence electrons. The molecule has 1 saturated heterocycles. The Kier molecular flexibility index (Phi) is 2.15. The van der Waals surface area contributed by atoms with E-state index in [2.05, 4.69) is 12.2 Å². The molecule has 1 heterocycles. The number of imide groups is 1. The Hall–Kier alpha value is -1.61. The Balaban J connectivity index is 1.58. The van der Waals surface area contributed by atoms with E-state index >= 15 is 0 Å². The van der Waals surface area contributed by atoms with Gasteiger partial charge in [-0.25, -0.2) is 0 Å². The van der Waals surface area contributed by atoms with Gasteiger partial charge >= 0.3 is 0 Å². The third-order valence-corrected chi connectivity index (χ3v) is 6.00. The van der Waals surface area contributed by atoms with Crippen LogP contribution < -0.4 is 4.90 Å². The summed E-state index contributed by atoms with van der Waals surface area (Å²) in [5.74, 6) is 1.54. The Morgan fingerprint density at radius 1 is 0.905 bits per heavy atom. The molecule has 4 aliphatic carbocycles. The Morgan fingerprint density at radius 2 is 1.43 bits per heavy atom. The molecule has 0 N–H and O–H groups in total. The molecular formula is C17H14ClNO2. The summed E-state index contributed by atoms with van der Waals surface area (Å²) in [5.41, 5.74) is 0.650. The van der Waals surface area contributed by atoms with Gasteiger partial charge in [0, 0.05) is 5.02 Å². The number of benzene rings is 1. The molecule has 1 aromatic carbocycles. The summed E-state index contributed by atoms with van der Waals surface area (Å²) < 4.78 is 0. The average molecular weight is 300 g/mol. The van der Waals surface area contributed by atoms with Crippen LogP contribution in [0.5, 0.6) is 0 Å². The van der Waals surface area contributed by atoms with Crippen LogP contribution in [0.1, 0.15) is 6.42 Å². The van der Waals surface area contributed by atoms with Crippen molar-refractivity contribution >= 4 is 29.1 Å². The number of allylic oxidation sites excluding steroid dienone is 2. The highest BCUT2D eigenvalue weighted by atomic mass is 35.5. The molecule has 6 atom stereocenters. The average Bonchev–Trinajstić information content (AvgIpc) is 3.26. The zero-order valence-corrected chi connectivity index (χ0v) is 12.0. The van der Waals surface area contributed by atoms with Gasteiger partial charge in [0.05, 0.1) is 17.5 Å². The van der Waals surface area contributed by atoms with Crippen molar-refractivity contribution in [2.24, 2.45) is 35.5 Å². The maximum absolute atomic E-state index is 12.8. The summed E-state index contributed by atoms with van der Waals surface area (Å²) in [7, 11) is 0. The molecule has 0 spiro atoms. The zero-order valence-electron chi connectivity index (χ0n) is 11.3. The van der Waals surface area contributed by atoms with Crippen LogP contribution in [0.2, 0.25) is 5.02 Å². The van der Waals surface area contributed by atoms with E-state index in [0.29, 0.717) is 22.5 Å². The number of carbonyl (C=O) groups excluding carboxylic acids is 2. The van der Waals surface area contributed by atoms with Crippen molar-refractivity contribution in [3.05, 3.63) is 41.4 Å². The van der Waals surface area contributed by atoms with Crippen molar-refractivity contribution in [3.8, 4) is 0 Å². The van der Waals surface area contributed by atoms with Crippen LogP contribution in [-0.2, 0) is 9.59 Å². The van der Waals surface area contributed by atoms with Crippen LogP contribution >= 0.6 is 11.6 Å². The summed E-state index contributed by atoms with van der Waals surface area (Å²) >= 11 is 5.90. The fraction of sp³-hybridized carbons (Fsp3) is 0.412. The van der Waals surface area contributed by atoms with E-state index in [4.69, 9.17) is 11.6 Å². The smallest absolute Gasteiger partial charge is 0.238 e. The SMILES string of the molecule is O=C1[C@@H]2[C@@H]3C=C[C@H]([C@H]4C[C@@H]34)[C@@H]2C(=O)N1c1ccc(Cl)cc1. The molecule has 6 rings (SSSR count). The minimum atomic E-state index is -0.132. The first-order valence-corrected chi connectivity index (χ1v) is 7.86. The van der Waals surface area contributed by atoms with Gasteiger partial charge < -0.3 is 0 Å². The summed E-state index contributed by atoms with van der Waals surface area (Å²) in [4.78, 5) is 27.0. The minimum Gasteiger partial charge on any atom is -0.274 e. The van der Waals surface area contributed by atoms with E-state index in [0.717, 1.165) is 0 Å². The molecule has 2 amide bonds. The van der Waals surface area contributed by atoms with Crippen molar-refractivity contribution in [2.75, 3.05) is 4.90 Å². The second kappa shape index (κ2) is 3.77. The summed E-state index contributed by atoms with van der Waals surface area (Å²) in [6.07, 6.45) is 5.57. The molecule has 2 bridgehead atoms. The Bertz CT molecular complexity index is 659. The number of halogens is 1. The summed E-state index contributed by atoms with van der Waals surface area (Å²) in [6.45, 7) is 0. The highest BCUT2D eigenvalue weighted by Gasteiger charge is 2.67. The molecule has 0 unspecified atom stereocenters. The van der Waals surface area contributed by atoms with Crippen LogP contribution in [0.3, 0.4) is 0 Å². The number of hydrogen-bond donors (Lipinski definition) is 0. The van der Waals surface area contributed by atoms with Crippen molar-refractivity contribution in [1.29, 1.82) is 0 Å². The molecule has 3 fully saturated rings. The van der Waals surface area contributed by atoms with Crippen molar-refractivity contribution in [3.63, 3.8) is 0 Å². The zero-order chi connectivity index (χ0) is 14.3. The van der Waals surface area contributed by atoms with Gasteiger partial charge in [-0.2, -0.15) is 0 Å². The lowest BCUT2D eigenvalue weighted by molar-refractivity contribution is -0.124. The van der Waals surface area contributed by atoms with E-state index in [1.54, 1.807) is 24.3 Å². The fourth-order valence-electron chi connectivity index (χ4n) is 4.80. The molecule has 0 radical (unpaired) electrons. The van der Waals surface area contributed by atoms with Crippen LogP contribution in [0.25, 0.3) is 0 Å². The fourth-order valence-corrected chi connectivity index (χ4v) is 4.93. The Labute approximate surface area is 127 Å². The largest absolute Gasteiger partial charge is 0.274 e. The van der Waals surface area contributed by atoms with Crippen LogP contribution in [-0.4, -0.2) is 11.8 Å². The van der Waals surface area contributed by atoms with Gasteiger partial charge in [0.15, 0.2) is 0 Å². The molecule has 5 aliphatic rings. The van der Waals surface area contributed by atoms with E-state index in [1.807, 2.05) is 0 Å². The van der Waals surface area contributed by atoms with Crippen LogP contribution in [0.4, 0.5) is 5.69 Å². The van der Waals surface area contributed by atoms with Crippen molar-refractivity contribution in [1.82, 2.24) is 0 Å². The van der Waals surface area contributed by atoms with E-state index in [9.17, 15) is 9.59 Å². The number of anilines is 1. The normalized spacial score (nSPS) is 42.2. The van der Waals surface area contributed by atoms with Gasteiger partial charge in [-0.3, -0.25) is 14.5 Å².